The second kappa shape index (κ2) is 7.08. The zero-order chi connectivity index (χ0) is 20.2. The molecular formula is C23H29N5O2. The third-order valence-electron chi connectivity index (χ3n) is 7.57. The maximum atomic E-state index is 13.2. The molecular weight excluding hydrogens is 378 g/mol. The number of hydrogen-bond acceptors (Lipinski definition) is 4. The van der Waals surface area contributed by atoms with Gasteiger partial charge in [-0.3, -0.25) is 19.6 Å². The molecule has 4 aliphatic rings. The number of carbonyl (C=O) groups is 1. The third-order valence-corrected chi connectivity index (χ3v) is 7.57. The van der Waals surface area contributed by atoms with Crippen LogP contribution in [0, 0.1) is 5.92 Å². The van der Waals surface area contributed by atoms with Crippen molar-refractivity contribution >= 4 is 5.91 Å². The average Bonchev–Trinajstić information content (AvgIpc) is 3.48. The van der Waals surface area contributed by atoms with Crippen LogP contribution >= 0.6 is 0 Å². The van der Waals surface area contributed by atoms with E-state index in [0.29, 0.717) is 18.2 Å². The maximum Gasteiger partial charge on any atom is 0.274 e. The van der Waals surface area contributed by atoms with Crippen LogP contribution in [-0.2, 0) is 25.9 Å². The van der Waals surface area contributed by atoms with Gasteiger partial charge in [0.1, 0.15) is 0 Å². The summed E-state index contributed by atoms with van der Waals surface area (Å²) in [4.78, 5) is 30.8. The van der Waals surface area contributed by atoms with E-state index >= 15 is 0 Å². The van der Waals surface area contributed by atoms with Gasteiger partial charge < -0.3 is 9.47 Å². The molecule has 6 rings (SSSR count). The van der Waals surface area contributed by atoms with Gasteiger partial charge in [-0.25, -0.2) is 0 Å². The van der Waals surface area contributed by atoms with Crippen molar-refractivity contribution in [3.63, 3.8) is 0 Å². The Morgan fingerprint density at radius 2 is 1.97 bits per heavy atom. The molecule has 0 radical (unpaired) electrons. The first kappa shape index (κ1) is 18.4. The Morgan fingerprint density at radius 3 is 2.83 bits per heavy atom. The Balaban J connectivity index is 1.25. The smallest absolute Gasteiger partial charge is 0.274 e. The van der Waals surface area contributed by atoms with Crippen LogP contribution in [0.2, 0.25) is 0 Å². The van der Waals surface area contributed by atoms with Crippen molar-refractivity contribution in [3.8, 4) is 0 Å². The molecule has 2 aromatic heterocycles. The number of rotatable bonds is 3. The maximum absolute atomic E-state index is 13.2. The van der Waals surface area contributed by atoms with Crippen molar-refractivity contribution in [1.29, 1.82) is 0 Å². The topological polar surface area (TPSA) is 74.2 Å². The fraction of sp³-hybridized carbons (Fsp3) is 0.609. The molecule has 30 heavy (non-hydrogen) atoms. The molecule has 1 amide bonds. The summed E-state index contributed by atoms with van der Waals surface area (Å²) < 4.78 is 2.01. The van der Waals surface area contributed by atoms with Crippen molar-refractivity contribution in [2.24, 2.45) is 5.92 Å². The average molecular weight is 408 g/mol. The molecule has 1 N–H and O–H groups in total. The van der Waals surface area contributed by atoms with Crippen LogP contribution in [0.4, 0.5) is 0 Å². The number of aryl methyl sites for hydroxylation is 1. The second-order valence-electron chi connectivity index (χ2n) is 9.57. The molecule has 2 aromatic rings. The van der Waals surface area contributed by atoms with Gasteiger partial charge >= 0.3 is 0 Å². The molecule has 0 spiro atoms. The molecule has 2 saturated heterocycles. The van der Waals surface area contributed by atoms with Gasteiger partial charge in [-0.15, -0.1) is 0 Å². The number of aromatic nitrogens is 3. The number of likely N-dealkylation sites (tertiary alicyclic amines) is 2. The van der Waals surface area contributed by atoms with Gasteiger partial charge in [-0.1, -0.05) is 6.07 Å². The number of pyridine rings is 1. The number of nitrogens with one attached hydrogen (secondary N) is 1. The lowest BCUT2D eigenvalue weighted by molar-refractivity contribution is 0.0587. The molecule has 7 nitrogen and oxygen atoms in total. The predicted octanol–water partition coefficient (Wildman–Crippen LogP) is 1.92. The van der Waals surface area contributed by atoms with E-state index in [4.69, 9.17) is 0 Å². The number of carbonyl (C=O) groups excluding carboxylic acids is 1. The summed E-state index contributed by atoms with van der Waals surface area (Å²) in [5.41, 5.74) is 5.09. The fourth-order valence-electron chi connectivity index (χ4n) is 6.10. The minimum atomic E-state index is 0.0607. The summed E-state index contributed by atoms with van der Waals surface area (Å²) in [7, 11) is 0. The molecule has 0 unspecified atom stereocenters. The van der Waals surface area contributed by atoms with Gasteiger partial charge in [0.25, 0.3) is 11.5 Å². The number of H-pyrrole nitrogens is 1. The molecule has 158 valence electrons. The summed E-state index contributed by atoms with van der Waals surface area (Å²) >= 11 is 0. The molecule has 1 aliphatic carbocycles. The monoisotopic (exact) mass is 407 g/mol. The van der Waals surface area contributed by atoms with Gasteiger partial charge in [0.2, 0.25) is 0 Å². The van der Waals surface area contributed by atoms with Crippen molar-refractivity contribution in [3.05, 3.63) is 50.7 Å². The first-order chi connectivity index (χ1) is 14.7. The Labute approximate surface area is 176 Å². The van der Waals surface area contributed by atoms with E-state index in [0.717, 1.165) is 80.9 Å². The highest BCUT2D eigenvalue weighted by Crippen LogP contribution is 2.36. The highest BCUT2D eigenvalue weighted by molar-refractivity contribution is 5.94. The van der Waals surface area contributed by atoms with Gasteiger partial charge in [-0.2, -0.15) is 5.10 Å². The summed E-state index contributed by atoms with van der Waals surface area (Å²) in [6, 6.07) is 4.18. The fourth-order valence-corrected chi connectivity index (χ4v) is 6.10. The van der Waals surface area contributed by atoms with E-state index in [1.165, 1.54) is 12.8 Å². The van der Waals surface area contributed by atoms with Gasteiger partial charge in [-0.05, 0) is 63.6 Å². The SMILES string of the molecule is O=C(c1n[nH]c2c1CCC2)N1C[C@@H]2C[C@H](C1)c1ccc(CN3CCCC3)c(=O)n1C2. The van der Waals surface area contributed by atoms with E-state index < -0.39 is 0 Å². The number of fused-ring (bicyclic) bond motifs is 5. The molecule has 7 heteroatoms. The molecule has 3 aliphatic heterocycles. The highest BCUT2D eigenvalue weighted by Gasteiger charge is 2.38. The lowest BCUT2D eigenvalue weighted by Gasteiger charge is -2.42. The van der Waals surface area contributed by atoms with Gasteiger partial charge in [0.15, 0.2) is 5.69 Å². The Hall–Kier alpha value is -2.41. The minimum Gasteiger partial charge on any atom is -0.336 e. The van der Waals surface area contributed by atoms with Crippen LogP contribution in [-0.4, -0.2) is 56.7 Å². The minimum absolute atomic E-state index is 0.0607. The van der Waals surface area contributed by atoms with Gasteiger partial charge in [0.05, 0.1) is 0 Å². The molecule has 2 atom stereocenters. The normalized spacial score (nSPS) is 25.4. The van der Waals surface area contributed by atoms with E-state index in [2.05, 4.69) is 21.2 Å². The Morgan fingerprint density at radius 1 is 1.10 bits per heavy atom. The third kappa shape index (κ3) is 2.94. The zero-order valence-electron chi connectivity index (χ0n) is 17.4. The summed E-state index contributed by atoms with van der Waals surface area (Å²) in [6.45, 7) is 5.09. The largest absolute Gasteiger partial charge is 0.336 e. The highest BCUT2D eigenvalue weighted by atomic mass is 16.2. The van der Waals surface area contributed by atoms with Crippen LogP contribution in [0.25, 0.3) is 0 Å². The molecule has 2 bridgehead atoms. The van der Waals surface area contributed by atoms with E-state index in [1.54, 1.807) is 0 Å². The van der Waals surface area contributed by atoms with Crippen molar-refractivity contribution < 1.29 is 4.79 Å². The zero-order valence-corrected chi connectivity index (χ0v) is 17.4. The quantitative estimate of drug-likeness (QED) is 0.844. The number of amides is 1. The van der Waals surface area contributed by atoms with E-state index in [1.807, 2.05) is 15.5 Å². The lowest BCUT2D eigenvalue weighted by atomic mass is 9.82. The van der Waals surface area contributed by atoms with Crippen LogP contribution in [0.15, 0.2) is 16.9 Å². The Bertz CT molecular complexity index is 1050. The number of hydrogen-bond donors (Lipinski definition) is 1. The van der Waals surface area contributed by atoms with E-state index in [9.17, 15) is 9.59 Å². The van der Waals surface area contributed by atoms with Crippen molar-refractivity contribution in [2.75, 3.05) is 26.2 Å². The number of aromatic amines is 1. The number of piperidine rings is 1. The summed E-state index contributed by atoms with van der Waals surface area (Å²) in [5, 5.41) is 7.42. The van der Waals surface area contributed by atoms with Crippen LogP contribution < -0.4 is 5.56 Å². The molecule has 2 fully saturated rings. The molecule has 0 aromatic carbocycles. The second-order valence-corrected chi connectivity index (χ2v) is 9.57. The predicted molar refractivity (Wildman–Crippen MR) is 113 cm³/mol. The molecule has 5 heterocycles. The first-order valence-corrected chi connectivity index (χ1v) is 11.5. The standard InChI is InChI=1S/C23H29N5O2/c29-22-16(13-26-8-1-2-9-26)6-7-20-17-10-15(12-28(20)22)11-27(14-17)23(30)21-18-4-3-5-19(18)24-25-21/h6-7,15,17H,1-5,8-14H2,(H,24,25)/t15-,17+/m0/s1. The molecule has 0 saturated carbocycles. The summed E-state index contributed by atoms with van der Waals surface area (Å²) in [6.07, 6.45) is 6.58. The number of nitrogens with zero attached hydrogens (tertiary/aromatic N) is 4. The van der Waals surface area contributed by atoms with Crippen molar-refractivity contribution in [1.82, 2.24) is 24.6 Å². The van der Waals surface area contributed by atoms with E-state index in [-0.39, 0.29) is 17.4 Å². The first-order valence-electron chi connectivity index (χ1n) is 11.5. The lowest BCUT2D eigenvalue weighted by Crippen LogP contribution is -2.49. The summed E-state index contributed by atoms with van der Waals surface area (Å²) in [5.74, 6) is 0.638. The Kier molecular flexibility index (Phi) is 4.33. The van der Waals surface area contributed by atoms with Crippen molar-refractivity contribution in [2.45, 2.75) is 57.5 Å². The van der Waals surface area contributed by atoms with Crippen LogP contribution in [0.5, 0.6) is 0 Å². The van der Waals surface area contributed by atoms with Gasteiger partial charge in [0, 0.05) is 54.6 Å². The van der Waals surface area contributed by atoms with Crippen LogP contribution in [0.1, 0.15) is 64.6 Å². The van der Waals surface area contributed by atoms with Crippen LogP contribution in [0.3, 0.4) is 0 Å².